The predicted octanol–water partition coefficient (Wildman–Crippen LogP) is 1.64. The van der Waals surface area contributed by atoms with E-state index in [1.807, 2.05) is 12.1 Å². The van der Waals surface area contributed by atoms with E-state index in [-0.39, 0.29) is 12.3 Å². The van der Waals surface area contributed by atoms with Crippen LogP contribution in [0.3, 0.4) is 0 Å². The van der Waals surface area contributed by atoms with Crippen LogP contribution in [0.1, 0.15) is 30.5 Å². The number of aromatic nitrogens is 1. The van der Waals surface area contributed by atoms with Gasteiger partial charge in [0.1, 0.15) is 11.8 Å². The van der Waals surface area contributed by atoms with Crippen LogP contribution < -0.4 is 0 Å². The minimum absolute atomic E-state index is 0.216. The number of nitrogens with zero attached hydrogens (tertiary/aromatic N) is 3. The first-order valence-corrected chi connectivity index (χ1v) is 6.47. The van der Waals surface area contributed by atoms with Gasteiger partial charge in [-0.05, 0) is 31.4 Å². The Bertz CT molecular complexity index is 496. The molecule has 100 valence electrons. The van der Waals surface area contributed by atoms with E-state index in [1.165, 1.54) is 0 Å². The first kappa shape index (κ1) is 13.5. The number of piperidine rings is 1. The molecule has 0 aliphatic carbocycles. The second-order valence-corrected chi connectivity index (χ2v) is 4.96. The maximum Gasteiger partial charge on any atom is 0.303 e. The van der Waals surface area contributed by atoms with E-state index in [4.69, 9.17) is 10.4 Å². The first-order chi connectivity index (χ1) is 9.19. The Morgan fingerprint density at radius 3 is 3.21 bits per heavy atom. The van der Waals surface area contributed by atoms with Gasteiger partial charge in [0, 0.05) is 31.3 Å². The average Bonchev–Trinajstić information content (AvgIpc) is 2.39. The third-order valence-electron chi connectivity index (χ3n) is 3.46. The van der Waals surface area contributed by atoms with Crippen LogP contribution in [-0.2, 0) is 11.3 Å². The zero-order chi connectivity index (χ0) is 13.7. The van der Waals surface area contributed by atoms with Crippen LogP contribution >= 0.6 is 0 Å². The van der Waals surface area contributed by atoms with E-state index < -0.39 is 5.97 Å². The van der Waals surface area contributed by atoms with Crippen molar-refractivity contribution in [3.63, 3.8) is 0 Å². The van der Waals surface area contributed by atoms with Gasteiger partial charge in [0.25, 0.3) is 0 Å². The second-order valence-electron chi connectivity index (χ2n) is 4.96. The van der Waals surface area contributed by atoms with Gasteiger partial charge in [-0.2, -0.15) is 5.26 Å². The van der Waals surface area contributed by atoms with Crippen LogP contribution in [0.2, 0.25) is 0 Å². The van der Waals surface area contributed by atoms with Gasteiger partial charge in [-0.25, -0.2) is 4.98 Å². The molecule has 1 fully saturated rings. The number of carboxylic acid groups (broad SMARTS) is 1. The highest BCUT2D eigenvalue weighted by Crippen LogP contribution is 2.21. The molecule has 1 aromatic rings. The lowest BCUT2D eigenvalue weighted by molar-refractivity contribution is -0.138. The third-order valence-corrected chi connectivity index (χ3v) is 3.46. The Morgan fingerprint density at radius 2 is 2.47 bits per heavy atom. The fourth-order valence-electron chi connectivity index (χ4n) is 2.62. The summed E-state index contributed by atoms with van der Waals surface area (Å²) < 4.78 is 0. The van der Waals surface area contributed by atoms with Gasteiger partial charge in [-0.15, -0.1) is 0 Å². The highest BCUT2D eigenvalue weighted by atomic mass is 16.4. The van der Waals surface area contributed by atoms with Crippen LogP contribution in [0.15, 0.2) is 18.3 Å². The molecule has 5 nitrogen and oxygen atoms in total. The molecule has 0 amide bonds. The van der Waals surface area contributed by atoms with Gasteiger partial charge in [-0.1, -0.05) is 6.07 Å². The molecular formula is C14H17N3O2. The molecule has 0 spiro atoms. The molecule has 2 heterocycles. The molecule has 0 aromatic carbocycles. The molecule has 0 bridgehead atoms. The van der Waals surface area contributed by atoms with Gasteiger partial charge in [0.2, 0.25) is 0 Å². The Kier molecular flexibility index (Phi) is 4.48. The fraction of sp³-hybridized carbons (Fsp3) is 0.500. The van der Waals surface area contributed by atoms with E-state index in [1.54, 1.807) is 6.20 Å². The van der Waals surface area contributed by atoms with Crippen LogP contribution in [0.4, 0.5) is 0 Å². The molecule has 1 saturated heterocycles. The molecule has 1 aliphatic heterocycles. The number of rotatable bonds is 4. The summed E-state index contributed by atoms with van der Waals surface area (Å²) in [6, 6.07) is 5.83. The summed E-state index contributed by atoms with van der Waals surface area (Å²) in [6.07, 6.45) is 3.83. The van der Waals surface area contributed by atoms with Crippen LogP contribution in [0.5, 0.6) is 0 Å². The number of carboxylic acids is 1. The van der Waals surface area contributed by atoms with Crippen molar-refractivity contribution in [3.8, 4) is 6.07 Å². The molecule has 1 atom stereocenters. The molecule has 19 heavy (non-hydrogen) atoms. The van der Waals surface area contributed by atoms with Gasteiger partial charge < -0.3 is 5.11 Å². The van der Waals surface area contributed by atoms with E-state index >= 15 is 0 Å². The summed E-state index contributed by atoms with van der Waals surface area (Å²) in [5.41, 5.74) is 1.38. The number of likely N-dealkylation sites (tertiary alicyclic amines) is 1. The quantitative estimate of drug-likeness (QED) is 0.889. The summed E-state index contributed by atoms with van der Waals surface area (Å²) in [4.78, 5) is 17.0. The molecular weight excluding hydrogens is 242 g/mol. The molecule has 5 heteroatoms. The lowest BCUT2D eigenvalue weighted by Gasteiger charge is -2.32. The molecule has 1 unspecified atom stereocenters. The SMILES string of the molecule is N#Cc1ncccc1CN1CCCC(CC(=O)O)C1. The average molecular weight is 259 g/mol. The smallest absolute Gasteiger partial charge is 0.303 e. The zero-order valence-electron chi connectivity index (χ0n) is 10.7. The van der Waals surface area contributed by atoms with Crippen molar-refractivity contribution in [1.29, 1.82) is 5.26 Å². The van der Waals surface area contributed by atoms with E-state index in [0.717, 1.165) is 31.5 Å². The van der Waals surface area contributed by atoms with E-state index in [0.29, 0.717) is 12.2 Å². The zero-order valence-corrected chi connectivity index (χ0v) is 10.7. The van der Waals surface area contributed by atoms with Crippen molar-refractivity contribution in [2.24, 2.45) is 5.92 Å². The van der Waals surface area contributed by atoms with Crippen LogP contribution in [0, 0.1) is 17.2 Å². The number of nitriles is 1. The molecule has 1 aliphatic rings. The van der Waals surface area contributed by atoms with Gasteiger partial charge in [-0.3, -0.25) is 9.69 Å². The molecule has 0 saturated carbocycles. The predicted molar refractivity (Wildman–Crippen MR) is 69.2 cm³/mol. The van der Waals surface area contributed by atoms with Crippen molar-refractivity contribution in [2.75, 3.05) is 13.1 Å². The largest absolute Gasteiger partial charge is 0.481 e. The number of hydrogen-bond acceptors (Lipinski definition) is 4. The number of aliphatic carboxylic acids is 1. The normalized spacial score (nSPS) is 19.8. The summed E-state index contributed by atoms with van der Waals surface area (Å²) in [6.45, 7) is 2.41. The highest BCUT2D eigenvalue weighted by Gasteiger charge is 2.22. The summed E-state index contributed by atoms with van der Waals surface area (Å²) in [5.74, 6) is -0.514. The van der Waals surface area contributed by atoms with E-state index in [2.05, 4.69) is 16.0 Å². The Labute approximate surface area is 112 Å². The van der Waals surface area contributed by atoms with Crippen molar-refractivity contribution < 1.29 is 9.90 Å². The lowest BCUT2D eigenvalue weighted by atomic mass is 9.94. The number of pyridine rings is 1. The number of hydrogen-bond donors (Lipinski definition) is 1. The standard InChI is InChI=1S/C14H17N3O2/c15-8-13-12(4-1-5-16-13)10-17-6-2-3-11(9-17)7-14(18)19/h1,4-5,11H,2-3,6-7,9-10H2,(H,18,19). The summed E-state index contributed by atoms with van der Waals surface area (Å²) in [5, 5.41) is 17.9. The minimum atomic E-state index is -0.731. The summed E-state index contributed by atoms with van der Waals surface area (Å²) in [7, 11) is 0. The number of carbonyl (C=O) groups is 1. The van der Waals surface area contributed by atoms with Gasteiger partial charge >= 0.3 is 5.97 Å². The molecule has 0 radical (unpaired) electrons. The summed E-state index contributed by atoms with van der Waals surface area (Å²) >= 11 is 0. The maximum absolute atomic E-state index is 10.8. The third kappa shape index (κ3) is 3.76. The highest BCUT2D eigenvalue weighted by molar-refractivity contribution is 5.67. The lowest BCUT2D eigenvalue weighted by Crippen LogP contribution is -2.36. The minimum Gasteiger partial charge on any atom is -0.481 e. The molecule has 1 N–H and O–H groups in total. The fourth-order valence-corrected chi connectivity index (χ4v) is 2.62. The Hall–Kier alpha value is -1.93. The Balaban J connectivity index is 1.99. The molecule has 2 rings (SSSR count). The van der Waals surface area contributed by atoms with Crippen LogP contribution in [-0.4, -0.2) is 34.0 Å². The first-order valence-electron chi connectivity index (χ1n) is 6.47. The second kappa shape index (κ2) is 6.30. The van der Waals surface area contributed by atoms with Gasteiger partial charge in [0.05, 0.1) is 0 Å². The monoisotopic (exact) mass is 259 g/mol. The van der Waals surface area contributed by atoms with Crippen LogP contribution in [0.25, 0.3) is 0 Å². The topological polar surface area (TPSA) is 77.2 Å². The van der Waals surface area contributed by atoms with Crippen molar-refractivity contribution in [1.82, 2.24) is 9.88 Å². The Morgan fingerprint density at radius 1 is 1.63 bits per heavy atom. The van der Waals surface area contributed by atoms with Crippen molar-refractivity contribution >= 4 is 5.97 Å². The van der Waals surface area contributed by atoms with Crippen molar-refractivity contribution in [3.05, 3.63) is 29.6 Å². The molecule has 1 aromatic heterocycles. The van der Waals surface area contributed by atoms with Crippen molar-refractivity contribution in [2.45, 2.75) is 25.8 Å². The van der Waals surface area contributed by atoms with E-state index in [9.17, 15) is 4.79 Å². The van der Waals surface area contributed by atoms with Gasteiger partial charge in [0.15, 0.2) is 0 Å². The maximum atomic E-state index is 10.8.